The number of benzene rings is 1. The van der Waals surface area contributed by atoms with Gasteiger partial charge in [-0.05, 0) is 31.0 Å². The van der Waals surface area contributed by atoms with E-state index in [0.29, 0.717) is 24.4 Å². The predicted molar refractivity (Wildman–Crippen MR) is 79.9 cm³/mol. The van der Waals surface area contributed by atoms with E-state index < -0.39 is 10.0 Å². The molecule has 21 heavy (non-hydrogen) atoms. The van der Waals surface area contributed by atoms with Gasteiger partial charge in [-0.25, -0.2) is 13.1 Å². The molecule has 0 spiro atoms. The molecule has 0 saturated carbocycles. The van der Waals surface area contributed by atoms with Crippen LogP contribution in [0.1, 0.15) is 23.2 Å². The van der Waals surface area contributed by atoms with E-state index in [1.807, 2.05) is 0 Å². The number of carbonyl (C=O) groups is 1. The van der Waals surface area contributed by atoms with Gasteiger partial charge in [0, 0.05) is 24.7 Å². The van der Waals surface area contributed by atoms with E-state index in [1.54, 1.807) is 36.3 Å². The highest BCUT2D eigenvalue weighted by atomic mass is 32.2. The van der Waals surface area contributed by atoms with Gasteiger partial charge in [0.05, 0.1) is 13.4 Å². The molecule has 7 heteroatoms. The number of ether oxygens (including phenoxy) is 1. The van der Waals surface area contributed by atoms with E-state index in [4.69, 9.17) is 4.74 Å². The van der Waals surface area contributed by atoms with Crippen LogP contribution in [0.25, 0.3) is 0 Å². The molecule has 1 aromatic rings. The molecule has 1 N–H and O–H groups in total. The van der Waals surface area contributed by atoms with Gasteiger partial charge in [0.15, 0.2) is 0 Å². The molecule has 116 valence electrons. The molecule has 1 heterocycles. The van der Waals surface area contributed by atoms with Crippen LogP contribution in [0.15, 0.2) is 24.3 Å². The van der Waals surface area contributed by atoms with Crippen molar-refractivity contribution < 1.29 is 17.9 Å². The Morgan fingerprint density at radius 1 is 1.43 bits per heavy atom. The summed E-state index contributed by atoms with van der Waals surface area (Å²) in [6.45, 7) is 1.03. The SMILES string of the molecule is COc1cccc(C(=O)N2CCC[C@@H](NS(C)(=O)=O)C2)c1. The summed E-state index contributed by atoms with van der Waals surface area (Å²) in [7, 11) is -1.70. The number of piperidine rings is 1. The van der Waals surface area contributed by atoms with Gasteiger partial charge in [-0.2, -0.15) is 0 Å². The molecule has 0 bridgehead atoms. The summed E-state index contributed by atoms with van der Waals surface area (Å²) in [6.07, 6.45) is 2.66. The molecule has 0 radical (unpaired) electrons. The number of likely N-dealkylation sites (tertiary alicyclic amines) is 1. The molecule has 0 unspecified atom stereocenters. The van der Waals surface area contributed by atoms with Gasteiger partial charge in [-0.1, -0.05) is 6.07 Å². The molecular weight excluding hydrogens is 292 g/mol. The Bertz CT molecular complexity index is 615. The van der Waals surface area contributed by atoms with Gasteiger partial charge in [0.1, 0.15) is 5.75 Å². The fourth-order valence-corrected chi connectivity index (χ4v) is 3.30. The Morgan fingerprint density at radius 3 is 2.86 bits per heavy atom. The molecule has 1 amide bonds. The van der Waals surface area contributed by atoms with Crippen molar-refractivity contribution in [3.8, 4) is 5.75 Å². The Balaban J connectivity index is 2.08. The van der Waals surface area contributed by atoms with Crippen molar-refractivity contribution in [3.63, 3.8) is 0 Å². The third-order valence-electron chi connectivity index (χ3n) is 3.41. The van der Waals surface area contributed by atoms with Crippen LogP contribution < -0.4 is 9.46 Å². The maximum Gasteiger partial charge on any atom is 0.254 e. The Labute approximate surface area is 125 Å². The largest absolute Gasteiger partial charge is 0.497 e. The topological polar surface area (TPSA) is 75.7 Å². The summed E-state index contributed by atoms with van der Waals surface area (Å²) in [5.74, 6) is 0.526. The second-order valence-corrected chi connectivity index (χ2v) is 6.99. The van der Waals surface area contributed by atoms with Crippen LogP contribution in [0.4, 0.5) is 0 Å². The standard InChI is InChI=1S/C14H20N2O4S/c1-20-13-7-3-5-11(9-13)14(17)16-8-4-6-12(10-16)15-21(2,18)19/h3,5,7,9,12,15H,4,6,8,10H2,1-2H3/t12-/m1/s1. The van der Waals surface area contributed by atoms with Crippen LogP contribution in [0.3, 0.4) is 0 Å². The van der Waals surface area contributed by atoms with Gasteiger partial charge in [0.25, 0.3) is 5.91 Å². The van der Waals surface area contributed by atoms with Crippen molar-refractivity contribution in [1.82, 2.24) is 9.62 Å². The number of nitrogens with zero attached hydrogens (tertiary/aromatic N) is 1. The number of nitrogens with one attached hydrogen (secondary N) is 1. The molecule has 2 rings (SSSR count). The Morgan fingerprint density at radius 2 is 2.19 bits per heavy atom. The zero-order valence-corrected chi connectivity index (χ0v) is 13.0. The smallest absolute Gasteiger partial charge is 0.254 e. The van der Waals surface area contributed by atoms with Gasteiger partial charge >= 0.3 is 0 Å². The Kier molecular flexibility index (Phi) is 4.84. The summed E-state index contributed by atoms with van der Waals surface area (Å²) < 4.78 is 30.3. The van der Waals surface area contributed by atoms with Gasteiger partial charge in [-0.15, -0.1) is 0 Å². The molecule has 1 saturated heterocycles. The van der Waals surface area contributed by atoms with E-state index >= 15 is 0 Å². The first-order valence-electron chi connectivity index (χ1n) is 6.79. The first-order valence-corrected chi connectivity index (χ1v) is 8.69. The third-order valence-corrected chi connectivity index (χ3v) is 4.17. The molecule has 0 aliphatic carbocycles. The number of carbonyl (C=O) groups excluding carboxylic acids is 1. The Hall–Kier alpha value is -1.60. The minimum Gasteiger partial charge on any atom is -0.497 e. The molecule has 1 fully saturated rings. The van der Waals surface area contributed by atoms with Crippen LogP contribution in [0, 0.1) is 0 Å². The maximum atomic E-state index is 12.5. The lowest BCUT2D eigenvalue weighted by Crippen LogP contribution is -2.49. The summed E-state index contributed by atoms with van der Waals surface area (Å²) >= 11 is 0. The third kappa shape index (κ3) is 4.44. The van der Waals surface area contributed by atoms with E-state index in [0.717, 1.165) is 19.1 Å². The lowest BCUT2D eigenvalue weighted by Gasteiger charge is -2.32. The van der Waals surface area contributed by atoms with E-state index in [9.17, 15) is 13.2 Å². The summed E-state index contributed by atoms with van der Waals surface area (Å²) in [5, 5.41) is 0. The minimum atomic E-state index is -3.26. The molecule has 1 aromatic carbocycles. The van der Waals surface area contributed by atoms with Crippen molar-refractivity contribution in [3.05, 3.63) is 29.8 Å². The summed E-state index contributed by atoms with van der Waals surface area (Å²) in [4.78, 5) is 14.2. The molecule has 1 aliphatic rings. The monoisotopic (exact) mass is 312 g/mol. The van der Waals surface area contributed by atoms with Gasteiger partial charge in [-0.3, -0.25) is 4.79 Å². The average Bonchev–Trinajstić information content (AvgIpc) is 2.45. The fourth-order valence-electron chi connectivity index (χ4n) is 2.50. The lowest BCUT2D eigenvalue weighted by atomic mass is 10.1. The first kappa shape index (κ1) is 15.8. The van der Waals surface area contributed by atoms with Gasteiger partial charge < -0.3 is 9.64 Å². The zero-order valence-electron chi connectivity index (χ0n) is 12.2. The van der Waals surface area contributed by atoms with Gasteiger partial charge in [0.2, 0.25) is 10.0 Å². The first-order chi connectivity index (χ1) is 9.89. The average molecular weight is 312 g/mol. The number of sulfonamides is 1. The highest BCUT2D eigenvalue weighted by molar-refractivity contribution is 7.88. The number of hydrogen-bond acceptors (Lipinski definition) is 4. The molecule has 0 aromatic heterocycles. The number of rotatable bonds is 4. The van der Waals surface area contributed by atoms with Crippen LogP contribution in [-0.2, 0) is 10.0 Å². The second-order valence-electron chi connectivity index (χ2n) is 5.21. The molecule has 1 atom stereocenters. The van der Waals surface area contributed by atoms with Crippen molar-refractivity contribution in [2.45, 2.75) is 18.9 Å². The van der Waals surface area contributed by atoms with E-state index in [-0.39, 0.29) is 11.9 Å². The van der Waals surface area contributed by atoms with Crippen LogP contribution in [-0.4, -0.2) is 51.7 Å². The van der Waals surface area contributed by atoms with Crippen molar-refractivity contribution in [2.24, 2.45) is 0 Å². The normalized spacial score (nSPS) is 19.3. The number of methoxy groups -OCH3 is 1. The minimum absolute atomic E-state index is 0.103. The predicted octanol–water partition coefficient (Wildman–Crippen LogP) is 0.849. The van der Waals surface area contributed by atoms with Crippen molar-refractivity contribution in [2.75, 3.05) is 26.5 Å². The fraction of sp³-hybridized carbons (Fsp3) is 0.500. The van der Waals surface area contributed by atoms with E-state index in [2.05, 4.69) is 4.72 Å². The molecule has 1 aliphatic heterocycles. The van der Waals surface area contributed by atoms with Crippen LogP contribution in [0.2, 0.25) is 0 Å². The molecular formula is C14H20N2O4S. The van der Waals surface area contributed by atoms with Crippen LogP contribution in [0.5, 0.6) is 5.75 Å². The highest BCUT2D eigenvalue weighted by Gasteiger charge is 2.26. The quantitative estimate of drug-likeness (QED) is 0.894. The maximum absolute atomic E-state index is 12.5. The lowest BCUT2D eigenvalue weighted by molar-refractivity contribution is 0.0703. The second kappa shape index (κ2) is 6.44. The number of amides is 1. The van der Waals surface area contributed by atoms with Crippen molar-refractivity contribution in [1.29, 1.82) is 0 Å². The van der Waals surface area contributed by atoms with E-state index in [1.165, 1.54) is 0 Å². The van der Waals surface area contributed by atoms with Crippen LogP contribution >= 0.6 is 0 Å². The summed E-state index contributed by atoms with van der Waals surface area (Å²) in [6, 6.07) is 6.75. The number of hydrogen-bond donors (Lipinski definition) is 1. The zero-order chi connectivity index (χ0) is 15.5. The molecule has 6 nitrogen and oxygen atoms in total. The van der Waals surface area contributed by atoms with Crippen molar-refractivity contribution >= 4 is 15.9 Å². The summed E-state index contributed by atoms with van der Waals surface area (Å²) in [5.41, 5.74) is 0.550. The highest BCUT2D eigenvalue weighted by Crippen LogP contribution is 2.18.